The van der Waals surface area contributed by atoms with E-state index in [9.17, 15) is 9.59 Å². The van der Waals surface area contributed by atoms with Gasteiger partial charge in [0.25, 0.3) is 5.91 Å². The highest BCUT2D eigenvalue weighted by atomic mass is 16.5. The summed E-state index contributed by atoms with van der Waals surface area (Å²) in [4.78, 5) is 31.9. The van der Waals surface area contributed by atoms with Crippen LogP contribution in [0.15, 0.2) is 72.9 Å². The van der Waals surface area contributed by atoms with Crippen molar-refractivity contribution in [1.29, 1.82) is 0 Å². The maximum absolute atomic E-state index is 13.8. The summed E-state index contributed by atoms with van der Waals surface area (Å²) in [6, 6.07) is 20.0. The zero-order chi connectivity index (χ0) is 23.8. The van der Waals surface area contributed by atoms with Gasteiger partial charge in [0, 0.05) is 30.0 Å². The molecule has 2 heterocycles. The summed E-state index contributed by atoms with van der Waals surface area (Å²) in [6.45, 7) is 0. The quantitative estimate of drug-likeness (QED) is 0.456. The molecule has 2 N–H and O–H groups in total. The van der Waals surface area contributed by atoms with Crippen LogP contribution in [0.3, 0.4) is 0 Å². The maximum atomic E-state index is 13.8. The lowest BCUT2D eigenvalue weighted by Crippen LogP contribution is -2.44. The molecule has 1 aromatic heterocycles. The molecule has 7 nitrogen and oxygen atoms in total. The molecular weight excluding hydrogens is 430 g/mol. The average molecular weight is 456 g/mol. The molecule has 0 spiro atoms. The monoisotopic (exact) mass is 455 g/mol. The van der Waals surface area contributed by atoms with E-state index in [1.165, 1.54) is 0 Å². The van der Waals surface area contributed by atoms with Gasteiger partial charge in [-0.3, -0.25) is 9.59 Å². The van der Waals surface area contributed by atoms with Crippen molar-refractivity contribution in [1.82, 2.24) is 9.88 Å². The first-order valence-electron chi connectivity index (χ1n) is 11.0. The number of carbonyl (C=O) groups is 2. The summed E-state index contributed by atoms with van der Waals surface area (Å²) in [6.07, 6.45) is 1.86. The Kier molecular flexibility index (Phi) is 5.45. The van der Waals surface area contributed by atoms with E-state index in [1.807, 2.05) is 60.8 Å². The van der Waals surface area contributed by atoms with Crippen LogP contribution >= 0.6 is 0 Å². The molecule has 1 aliphatic rings. The zero-order valence-corrected chi connectivity index (χ0v) is 19.2. The topological polar surface area (TPSA) is 83.7 Å². The fourth-order valence-electron chi connectivity index (χ4n) is 4.76. The molecule has 0 aliphatic carbocycles. The molecule has 4 aromatic rings. The van der Waals surface area contributed by atoms with Crippen LogP contribution < -0.4 is 14.8 Å². The number of hydrogen-bond donors (Lipinski definition) is 2. The minimum absolute atomic E-state index is 0.132. The molecule has 2 atom stereocenters. The Morgan fingerprint density at radius 1 is 0.971 bits per heavy atom. The Hall–Kier alpha value is -4.26. The van der Waals surface area contributed by atoms with Crippen molar-refractivity contribution in [3.8, 4) is 11.5 Å². The van der Waals surface area contributed by atoms with Gasteiger partial charge in [-0.25, -0.2) is 0 Å². The van der Waals surface area contributed by atoms with E-state index in [0.717, 1.165) is 16.5 Å². The highest BCUT2D eigenvalue weighted by molar-refractivity contribution is 6.04. The van der Waals surface area contributed by atoms with Crippen LogP contribution in [-0.2, 0) is 4.79 Å². The van der Waals surface area contributed by atoms with E-state index < -0.39 is 12.0 Å². The fourth-order valence-corrected chi connectivity index (χ4v) is 4.76. The third kappa shape index (κ3) is 3.55. The molecule has 0 fully saturated rings. The van der Waals surface area contributed by atoms with Crippen LogP contribution in [0.2, 0.25) is 0 Å². The van der Waals surface area contributed by atoms with Gasteiger partial charge in [0.15, 0.2) is 11.5 Å². The van der Waals surface area contributed by atoms with Crippen LogP contribution in [-0.4, -0.2) is 43.0 Å². The first-order valence-corrected chi connectivity index (χ1v) is 11.0. The first-order chi connectivity index (χ1) is 16.5. The Bertz CT molecular complexity index is 1390. The smallest absolute Gasteiger partial charge is 0.254 e. The minimum Gasteiger partial charge on any atom is -0.493 e. The summed E-state index contributed by atoms with van der Waals surface area (Å²) in [7, 11) is 4.86. The summed E-state index contributed by atoms with van der Waals surface area (Å²) in [5.74, 6) is 0.161. The highest BCUT2D eigenvalue weighted by Gasteiger charge is 2.42. The number of fused-ring (bicyclic) bond motifs is 2. The third-order valence-corrected chi connectivity index (χ3v) is 6.43. The van der Waals surface area contributed by atoms with Gasteiger partial charge >= 0.3 is 0 Å². The molecule has 1 aliphatic heterocycles. The predicted octanol–water partition coefficient (Wildman–Crippen LogP) is 4.73. The van der Waals surface area contributed by atoms with Crippen molar-refractivity contribution in [3.63, 3.8) is 0 Å². The Morgan fingerprint density at radius 2 is 1.76 bits per heavy atom. The number of hydrogen-bond acceptors (Lipinski definition) is 4. The number of aromatic nitrogens is 1. The molecule has 0 saturated carbocycles. The maximum Gasteiger partial charge on any atom is 0.254 e. The molecule has 2 amide bonds. The lowest BCUT2D eigenvalue weighted by molar-refractivity contribution is -0.119. The van der Waals surface area contributed by atoms with Crippen LogP contribution in [0.5, 0.6) is 11.5 Å². The van der Waals surface area contributed by atoms with Crippen LogP contribution in [0.25, 0.3) is 10.9 Å². The molecule has 7 heteroatoms. The SMILES string of the molecule is COc1ccc([C@@H]2[C@@H](C(=O)Nc3ccc4cc[nH]c4c3)c3ccccc3C(=O)N2C)cc1OC. The van der Waals surface area contributed by atoms with E-state index >= 15 is 0 Å². The average Bonchev–Trinajstić information content (AvgIpc) is 3.33. The summed E-state index contributed by atoms with van der Waals surface area (Å²) >= 11 is 0. The Balaban J connectivity index is 1.60. The number of aromatic amines is 1. The molecule has 0 saturated heterocycles. The van der Waals surface area contributed by atoms with Gasteiger partial charge in [0.1, 0.15) is 0 Å². The minimum atomic E-state index is -0.628. The van der Waals surface area contributed by atoms with Crippen LogP contribution in [0, 0.1) is 0 Å². The van der Waals surface area contributed by atoms with Gasteiger partial charge in [-0.1, -0.05) is 30.3 Å². The van der Waals surface area contributed by atoms with E-state index in [4.69, 9.17) is 9.47 Å². The number of amides is 2. The standard InChI is InChI=1S/C27H25N3O4/c1-30-25(17-9-11-22(33-2)23(14-17)34-3)24(19-6-4-5-7-20(19)27(30)32)26(31)29-18-10-8-16-12-13-28-21(16)15-18/h4-15,24-25,28H,1-3H3,(H,29,31)/t24-,25+/m0/s1. The van der Waals surface area contributed by atoms with E-state index in [0.29, 0.717) is 28.3 Å². The molecule has 0 unspecified atom stereocenters. The number of methoxy groups -OCH3 is 2. The number of likely N-dealkylation sites (N-methyl/N-ethyl adjacent to an activating group) is 1. The molecular formula is C27H25N3O4. The van der Waals surface area contributed by atoms with E-state index in [-0.39, 0.29) is 11.8 Å². The number of anilines is 1. The Morgan fingerprint density at radius 3 is 2.56 bits per heavy atom. The number of carbonyl (C=O) groups excluding carboxylic acids is 2. The molecule has 3 aromatic carbocycles. The van der Waals surface area contributed by atoms with Gasteiger partial charge < -0.3 is 24.7 Å². The summed E-state index contributed by atoms with van der Waals surface area (Å²) in [5, 5.41) is 4.13. The van der Waals surface area contributed by atoms with E-state index in [2.05, 4.69) is 10.3 Å². The number of rotatable bonds is 5. The number of ether oxygens (including phenoxy) is 2. The van der Waals surface area contributed by atoms with Crippen molar-refractivity contribution in [3.05, 3.63) is 89.6 Å². The first kappa shape index (κ1) is 21.6. The second-order valence-corrected chi connectivity index (χ2v) is 8.31. The highest BCUT2D eigenvalue weighted by Crippen LogP contribution is 2.44. The molecule has 34 heavy (non-hydrogen) atoms. The van der Waals surface area contributed by atoms with Crippen molar-refractivity contribution >= 4 is 28.4 Å². The summed E-state index contributed by atoms with van der Waals surface area (Å²) in [5.41, 5.74) is 3.63. The van der Waals surface area contributed by atoms with Crippen molar-refractivity contribution < 1.29 is 19.1 Å². The molecule has 0 bridgehead atoms. The van der Waals surface area contributed by atoms with Gasteiger partial charge in [-0.15, -0.1) is 0 Å². The second kappa shape index (κ2) is 8.59. The van der Waals surface area contributed by atoms with Crippen LogP contribution in [0.4, 0.5) is 5.69 Å². The van der Waals surface area contributed by atoms with Crippen molar-refractivity contribution in [2.45, 2.75) is 12.0 Å². The van der Waals surface area contributed by atoms with Gasteiger partial charge in [0.2, 0.25) is 5.91 Å². The number of nitrogens with zero attached hydrogens (tertiary/aromatic N) is 1. The largest absolute Gasteiger partial charge is 0.493 e. The third-order valence-electron chi connectivity index (χ3n) is 6.43. The number of benzene rings is 3. The zero-order valence-electron chi connectivity index (χ0n) is 19.2. The lowest BCUT2D eigenvalue weighted by Gasteiger charge is -2.40. The molecule has 5 rings (SSSR count). The van der Waals surface area contributed by atoms with Crippen LogP contribution in [0.1, 0.15) is 33.4 Å². The predicted molar refractivity (Wildman–Crippen MR) is 130 cm³/mol. The van der Waals surface area contributed by atoms with Gasteiger partial charge in [-0.2, -0.15) is 0 Å². The Labute approximate surface area is 197 Å². The normalized spacial score (nSPS) is 17.4. The number of nitrogens with one attached hydrogen (secondary N) is 2. The van der Waals surface area contributed by atoms with E-state index in [1.54, 1.807) is 38.3 Å². The molecule has 0 radical (unpaired) electrons. The lowest BCUT2D eigenvalue weighted by atomic mass is 9.79. The summed E-state index contributed by atoms with van der Waals surface area (Å²) < 4.78 is 10.9. The van der Waals surface area contributed by atoms with Gasteiger partial charge in [0.05, 0.1) is 26.2 Å². The fraction of sp³-hybridized carbons (Fsp3) is 0.185. The molecule has 172 valence electrons. The number of H-pyrrole nitrogens is 1. The van der Waals surface area contributed by atoms with Crippen molar-refractivity contribution in [2.24, 2.45) is 0 Å². The van der Waals surface area contributed by atoms with Crippen molar-refractivity contribution in [2.75, 3.05) is 26.6 Å². The second-order valence-electron chi connectivity index (χ2n) is 8.31. The van der Waals surface area contributed by atoms with Gasteiger partial charge in [-0.05, 0) is 52.9 Å².